The van der Waals surface area contributed by atoms with Crippen LogP contribution < -0.4 is 10.1 Å². The Bertz CT molecular complexity index is 587. The third-order valence-corrected chi connectivity index (χ3v) is 3.37. The molecular formula is C17H20ClNO2. The van der Waals surface area contributed by atoms with Gasteiger partial charge in [-0.05, 0) is 36.8 Å². The maximum atomic E-state index is 6.08. The van der Waals surface area contributed by atoms with Gasteiger partial charge in [0.1, 0.15) is 11.5 Å². The van der Waals surface area contributed by atoms with Gasteiger partial charge in [0.25, 0.3) is 0 Å². The van der Waals surface area contributed by atoms with Gasteiger partial charge in [0, 0.05) is 30.8 Å². The summed E-state index contributed by atoms with van der Waals surface area (Å²) in [5.74, 6) is 1.68. The van der Waals surface area contributed by atoms with Crippen molar-refractivity contribution in [1.82, 2.24) is 5.32 Å². The van der Waals surface area contributed by atoms with Gasteiger partial charge in [-0.1, -0.05) is 29.8 Å². The van der Waals surface area contributed by atoms with Gasteiger partial charge < -0.3 is 14.8 Å². The van der Waals surface area contributed by atoms with E-state index in [1.54, 1.807) is 7.11 Å². The van der Waals surface area contributed by atoms with E-state index < -0.39 is 0 Å². The maximum Gasteiger partial charge on any atom is 0.132 e. The lowest BCUT2D eigenvalue weighted by Crippen LogP contribution is -2.18. The SMILES string of the molecule is COCCNCc1cc(Cl)ccc1Oc1ccccc1C. The van der Waals surface area contributed by atoms with Crippen LogP contribution in [0.1, 0.15) is 11.1 Å². The zero-order valence-electron chi connectivity index (χ0n) is 12.4. The third kappa shape index (κ3) is 4.74. The number of para-hydroxylation sites is 1. The summed E-state index contributed by atoms with van der Waals surface area (Å²) >= 11 is 6.08. The van der Waals surface area contributed by atoms with Gasteiger partial charge in [-0.2, -0.15) is 0 Å². The topological polar surface area (TPSA) is 30.5 Å². The number of rotatable bonds is 7. The van der Waals surface area contributed by atoms with Crippen LogP contribution in [-0.4, -0.2) is 20.3 Å². The van der Waals surface area contributed by atoms with E-state index in [1.165, 1.54) is 0 Å². The molecule has 0 amide bonds. The molecule has 0 aliphatic rings. The molecule has 2 rings (SSSR count). The molecule has 0 atom stereocenters. The molecule has 3 nitrogen and oxygen atoms in total. The van der Waals surface area contributed by atoms with Crippen molar-refractivity contribution in [3.05, 3.63) is 58.6 Å². The van der Waals surface area contributed by atoms with Crippen molar-refractivity contribution in [1.29, 1.82) is 0 Å². The second-order valence-electron chi connectivity index (χ2n) is 4.79. The minimum Gasteiger partial charge on any atom is -0.457 e. The van der Waals surface area contributed by atoms with Crippen LogP contribution in [0.5, 0.6) is 11.5 Å². The first-order chi connectivity index (χ1) is 10.2. The van der Waals surface area contributed by atoms with Gasteiger partial charge in [-0.25, -0.2) is 0 Å². The highest BCUT2D eigenvalue weighted by molar-refractivity contribution is 6.30. The van der Waals surface area contributed by atoms with Crippen molar-refractivity contribution in [3.63, 3.8) is 0 Å². The number of halogens is 1. The average molecular weight is 306 g/mol. The number of benzene rings is 2. The van der Waals surface area contributed by atoms with E-state index in [1.807, 2.05) is 49.4 Å². The predicted octanol–water partition coefficient (Wildman–Crippen LogP) is 4.18. The number of ether oxygens (including phenoxy) is 2. The van der Waals surface area contributed by atoms with Crippen LogP contribution in [0.3, 0.4) is 0 Å². The van der Waals surface area contributed by atoms with Gasteiger partial charge in [0.2, 0.25) is 0 Å². The summed E-state index contributed by atoms with van der Waals surface area (Å²) in [7, 11) is 1.69. The Morgan fingerprint density at radius 3 is 2.67 bits per heavy atom. The lowest BCUT2D eigenvalue weighted by atomic mass is 10.2. The highest BCUT2D eigenvalue weighted by atomic mass is 35.5. The van der Waals surface area contributed by atoms with E-state index in [2.05, 4.69) is 5.32 Å². The lowest BCUT2D eigenvalue weighted by Gasteiger charge is -2.14. The molecule has 0 saturated carbocycles. The zero-order valence-corrected chi connectivity index (χ0v) is 13.1. The molecule has 0 bridgehead atoms. The van der Waals surface area contributed by atoms with Gasteiger partial charge in [-0.3, -0.25) is 0 Å². The highest BCUT2D eigenvalue weighted by Gasteiger charge is 2.07. The summed E-state index contributed by atoms with van der Waals surface area (Å²) in [6.45, 7) is 4.17. The second-order valence-corrected chi connectivity index (χ2v) is 5.23. The largest absolute Gasteiger partial charge is 0.457 e. The lowest BCUT2D eigenvalue weighted by molar-refractivity contribution is 0.199. The van der Waals surface area contributed by atoms with Crippen LogP contribution in [0.2, 0.25) is 5.02 Å². The van der Waals surface area contributed by atoms with Gasteiger partial charge in [0.15, 0.2) is 0 Å². The summed E-state index contributed by atoms with van der Waals surface area (Å²) in [4.78, 5) is 0. The number of hydrogen-bond acceptors (Lipinski definition) is 3. The molecule has 4 heteroatoms. The molecule has 0 radical (unpaired) electrons. The minimum atomic E-state index is 0.675. The number of methoxy groups -OCH3 is 1. The van der Waals surface area contributed by atoms with Crippen LogP contribution in [0, 0.1) is 6.92 Å². The average Bonchev–Trinajstić information content (AvgIpc) is 2.48. The number of hydrogen-bond donors (Lipinski definition) is 1. The van der Waals surface area contributed by atoms with E-state index >= 15 is 0 Å². The molecule has 0 aromatic heterocycles. The van der Waals surface area contributed by atoms with E-state index in [-0.39, 0.29) is 0 Å². The van der Waals surface area contributed by atoms with Crippen molar-refractivity contribution < 1.29 is 9.47 Å². The van der Waals surface area contributed by atoms with Crippen molar-refractivity contribution in [2.75, 3.05) is 20.3 Å². The van der Waals surface area contributed by atoms with E-state index in [0.29, 0.717) is 18.2 Å². The quantitative estimate of drug-likeness (QED) is 0.779. The third-order valence-electron chi connectivity index (χ3n) is 3.13. The predicted molar refractivity (Wildman–Crippen MR) is 86.3 cm³/mol. The summed E-state index contributed by atoms with van der Waals surface area (Å²) < 4.78 is 11.0. The van der Waals surface area contributed by atoms with Crippen molar-refractivity contribution in [2.24, 2.45) is 0 Å². The van der Waals surface area contributed by atoms with Crippen LogP contribution in [0.25, 0.3) is 0 Å². The highest BCUT2D eigenvalue weighted by Crippen LogP contribution is 2.29. The monoisotopic (exact) mass is 305 g/mol. The Morgan fingerprint density at radius 1 is 1.10 bits per heavy atom. The molecule has 112 valence electrons. The summed E-state index contributed by atoms with van der Waals surface area (Å²) in [5, 5.41) is 4.01. The fourth-order valence-electron chi connectivity index (χ4n) is 1.97. The van der Waals surface area contributed by atoms with Crippen LogP contribution in [0.4, 0.5) is 0 Å². The molecule has 21 heavy (non-hydrogen) atoms. The molecule has 0 unspecified atom stereocenters. The summed E-state index contributed by atoms with van der Waals surface area (Å²) in [6.07, 6.45) is 0. The summed E-state index contributed by atoms with van der Waals surface area (Å²) in [6, 6.07) is 13.6. The Hall–Kier alpha value is -1.55. The molecule has 1 N–H and O–H groups in total. The molecule has 0 aliphatic heterocycles. The normalized spacial score (nSPS) is 10.6. The van der Waals surface area contributed by atoms with Gasteiger partial charge in [0.05, 0.1) is 6.61 Å². The number of nitrogens with one attached hydrogen (secondary N) is 1. The van der Waals surface area contributed by atoms with Crippen molar-refractivity contribution >= 4 is 11.6 Å². The van der Waals surface area contributed by atoms with Crippen LogP contribution >= 0.6 is 11.6 Å². The molecule has 0 heterocycles. The molecule has 0 aliphatic carbocycles. The first kappa shape index (κ1) is 15.8. The van der Waals surface area contributed by atoms with E-state index in [0.717, 1.165) is 29.2 Å². The van der Waals surface area contributed by atoms with E-state index in [9.17, 15) is 0 Å². The van der Waals surface area contributed by atoms with Crippen molar-refractivity contribution in [2.45, 2.75) is 13.5 Å². The van der Waals surface area contributed by atoms with Crippen molar-refractivity contribution in [3.8, 4) is 11.5 Å². The molecular weight excluding hydrogens is 286 g/mol. The second kappa shape index (κ2) is 8.03. The van der Waals surface area contributed by atoms with Crippen LogP contribution in [0.15, 0.2) is 42.5 Å². The molecule has 0 fully saturated rings. The Labute approximate surface area is 130 Å². The Morgan fingerprint density at radius 2 is 1.90 bits per heavy atom. The maximum absolute atomic E-state index is 6.08. The smallest absolute Gasteiger partial charge is 0.132 e. The fraction of sp³-hybridized carbons (Fsp3) is 0.294. The molecule has 2 aromatic rings. The standard InChI is InChI=1S/C17H20ClNO2/c1-13-5-3-4-6-16(13)21-17-8-7-15(18)11-14(17)12-19-9-10-20-2/h3-8,11,19H,9-10,12H2,1-2H3. The zero-order chi connectivity index (χ0) is 15.1. The number of aryl methyl sites for hydroxylation is 1. The molecule has 0 saturated heterocycles. The Balaban J connectivity index is 2.13. The van der Waals surface area contributed by atoms with Gasteiger partial charge >= 0.3 is 0 Å². The summed E-state index contributed by atoms with van der Waals surface area (Å²) in [5.41, 5.74) is 2.13. The molecule has 2 aromatic carbocycles. The first-order valence-electron chi connectivity index (χ1n) is 6.92. The van der Waals surface area contributed by atoms with E-state index in [4.69, 9.17) is 21.1 Å². The fourth-order valence-corrected chi connectivity index (χ4v) is 2.17. The Kier molecular flexibility index (Phi) is 6.05. The van der Waals surface area contributed by atoms with Gasteiger partial charge in [-0.15, -0.1) is 0 Å². The molecule has 0 spiro atoms. The minimum absolute atomic E-state index is 0.675. The van der Waals surface area contributed by atoms with Crippen LogP contribution in [-0.2, 0) is 11.3 Å². The first-order valence-corrected chi connectivity index (χ1v) is 7.30.